The molecule has 2 amide bonds. The molecule has 0 unspecified atom stereocenters. The Bertz CT molecular complexity index is 650. The topological polar surface area (TPSA) is 74.2 Å². The number of hydrogen-bond acceptors (Lipinski definition) is 4. The van der Waals surface area contributed by atoms with Crippen LogP contribution in [0.2, 0.25) is 0 Å². The fourth-order valence-corrected chi connectivity index (χ4v) is 3.14. The van der Waals surface area contributed by atoms with Gasteiger partial charge in [-0.3, -0.25) is 0 Å². The van der Waals surface area contributed by atoms with Crippen LogP contribution in [0.15, 0.2) is 29.6 Å². The lowest BCUT2D eigenvalue weighted by Crippen LogP contribution is -2.36. The summed E-state index contributed by atoms with van der Waals surface area (Å²) in [7, 11) is 0. The van der Waals surface area contributed by atoms with E-state index in [0.717, 1.165) is 22.6 Å². The molecule has 3 N–H and O–H groups in total. The van der Waals surface area contributed by atoms with Gasteiger partial charge in [-0.2, -0.15) is 0 Å². The first-order chi connectivity index (χ1) is 11.2. The largest absolute Gasteiger partial charge is 0.392 e. The van der Waals surface area contributed by atoms with Crippen LogP contribution in [-0.2, 0) is 19.6 Å². The number of benzene rings is 1. The van der Waals surface area contributed by atoms with E-state index in [9.17, 15) is 4.79 Å². The summed E-state index contributed by atoms with van der Waals surface area (Å²) < 4.78 is 0. The predicted octanol–water partition coefficient (Wildman–Crippen LogP) is 2.55. The minimum Gasteiger partial charge on any atom is -0.392 e. The Morgan fingerprint density at radius 1 is 1.22 bits per heavy atom. The quantitative estimate of drug-likeness (QED) is 0.730. The highest BCUT2D eigenvalue weighted by Crippen LogP contribution is 2.40. The van der Waals surface area contributed by atoms with Gasteiger partial charge in [0.05, 0.1) is 18.8 Å². The summed E-state index contributed by atoms with van der Waals surface area (Å²) in [5, 5.41) is 17.7. The SMILES string of the molecule is O=C(NCCc1ccc(CO)cc1)NCc1nc(C2CC2)cs1. The lowest BCUT2D eigenvalue weighted by molar-refractivity contribution is 0.240. The molecule has 1 aliphatic carbocycles. The highest BCUT2D eigenvalue weighted by molar-refractivity contribution is 7.09. The molecule has 2 aromatic rings. The smallest absolute Gasteiger partial charge is 0.315 e. The van der Waals surface area contributed by atoms with Crippen LogP contribution in [-0.4, -0.2) is 22.7 Å². The molecule has 23 heavy (non-hydrogen) atoms. The fourth-order valence-electron chi connectivity index (χ4n) is 2.32. The Labute approximate surface area is 139 Å². The van der Waals surface area contributed by atoms with Gasteiger partial charge in [-0.05, 0) is 30.4 Å². The number of amides is 2. The second-order valence-electron chi connectivity index (χ2n) is 5.77. The Kier molecular flexibility index (Phi) is 5.25. The van der Waals surface area contributed by atoms with Crippen LogP contribution in [0.1, 0.15) is 40.6 Å². The Balaban J connectivity index is 1.35. The Morgan fingerprint density at radius 2 is 1.96 bits per heavy atom. The number of aliphatic hydroxyl groups is 1. The van der Waals surface area contributed by atoms with Gasteiger partial charge < -0.3 is 15.7 Å². The van der Waals surface area contributed by atoms with Gasteiger partial charge in [0.15, 0.2) is 0 Å². The van der Waals surface area contributed by atoms with E-state index in [1.165, 1.54) is 18.5 Å². The first kappa shape index (κ1) is 16.0. The molecule has 0 aliphatic heterocycles. The Hall–Kier alpha value is -1.92. The van der Waals surface area contributed by atoms with Crippen LogP contribution in [0.4, 0.5) is 4.79 Å². The number of thiazole rings is 1. The average Bonchev–Trinajstić information content (AvgIpc) is 3.32. The third-order valence-corrected chi connectivity index (χ3v) is 4.74. The molecule has 1 heterocycles. The van der Waals surface area contributed by atoms with Crippen LogP contribution in [0, 0.1) is 0 Å². The summed E-state index contributed by atoms with van der Waals surface area (Å²) in [5.41, 5.74) is 3.21. The molecule has 6 heteroatoms. The van der Waals surface area contributed by atoms with E-state index in [1.54, 1.807) is 11.3 Å². The van der Waals surface area contributed by atoms with Crippen molar-refractivity contribution in [2.24, 2.45) is 0 Å². The summed E-state index contributed by atoms with van der Waals surface area (Å²) in [4.78, 5) is 16.3. The standard InChI is InChI=1S/C17H21N3O2S/c21-10-13-3-1-12(2-4-13)7-8-18-17(22)19-9-16-20-15(11-23-16)14-5-6-14/h1-4,11,14,21H,5-10H2,(H2,18,19,22). The van der Waals surface area contributed by atoms with Crippen molar-refractivity contribution in [1.82, 2.24) is 15.6 Å². The number of carbonyl (C=O) groups is 1. The lowest BCUT2D eigenvalue weighted by Gasteiger charge is -2.07. The van der Waals surface area contributed by atoms with E-state index in [0.29, 0.717) is 19.0 Å². The molecule has 1 fully saturated rings. The van der Waals surface area contributed by atoms with Crippen molar-refractivity contribution < 1.29 is 9.90 Å². The molecular formula is C17H21N3O2S. The van der Waals surface area contributed by atoms with E-state index in [4.69, 9.17) is 5.11 Å². The molecule has 5 nitrogen and oxygen atoms in total. The molecule has 1 aliphatic rings. The summed E-state index contributed by atoms with van der Waals surface area (Å²) >= 11 is 1.61. The number of aliphatic hydroxyl groups excluding tert-OH is 1. The highest BCUT2D eigenvalue weighted by Gasteiger charge is 2.25. The monoisotopic (exact) mass is 331 g/mol. The maximum absolute atomic E-state index is 11.8. The zero-order valence-corrected chi connectivity index (χ0v) is 13.7. The second kappa shape index (κ2) is 7.57. The minimum atomic E-state index is -0.167. The Morgan fingerprint density at radius 3 is 2.65 bits per heavy atom. The first-order valence-electron chi connectivity index (χ1n) is 7.89. The van der Waals surface area contributed by atoms with Crippen molar-refractivity contribution in [3.05, 3.63) is 51.5 Å². The molecular weight excluding hydrogens is 310 g/mol. The molecule has 0 bridgehead atoms. The van der Waals surface area contributed by atoms with Gasteiger partial charge >= 0.3 is 6.03 Å². The first-order valence-corrected chi connectivity index (χ1v) is 8.77. The van der Waals surface area contributed by atoms with Gasteiger partial charge in [0, 0.05) is 17.8 Å². The minimum absolute atomic E-state index is 0.0557. The molecule has 0 spiro atoms. The van der Waals surface area contributed by atoms with E-state index in [2.05, 4.69) is 21.0 Å². The van der Waals surface area contributed by atoms with Crippen LogP contribution in [0.5, 0.6) is 0 Å². The number of nitrogens with one attached hydrogen (secondary N) is 2. The van der Waals surface area contributed by atoms with Crippen LogP contribution in [0.3, 0.4) is 0 Å². The van der Waals surface area contributed by atoms with Gasteiger partial charge in [-0.25, -0.2) is 9.78 Å². The van der Waals surface area contributed by atoms with Crippen molar-refractivity contribution in [3.8, 4) is 0 Å². The number of urea groups is 1. The van der Waals surface area contributed by atoms with Crippen molar-refractivity contribution in [1.29, 1.82) is 0 Å². The molecule has 1 aromatic heterocycles. The average molecular weight is 331 g/mol. The highest BCUT2D eigenvalue weighted by atomic mass is 32.1. The predicted molar refractivity (Wildman–Crippen MR) is 90.4 cm³/mol. The summed E-state index contributed by atoms with van der Waals surface area (Å²) in [6.07, 6.45) is 3.26. The van der Waals surface area contributed by atoms with E-state index in [-0.39, 0.29) is 12.6 Å². The van der Waals surface area contributed by atoms with Gasteiger partial charge in [0.25, 0.3) is 0 Å². The van der Waals surface area contributed by atoms with Gasteiger partial charge in [-0.1, -0.05) is 24.3 Å². The molecule has 0 saturated heterocycles. The number of nitrogens with zero attached hydrogens (tertiary/aromatic N) is 1. The van der Waals surface area contributed by atoms with E-state index >= 15 is 0 Å². The zero-order chi connectivity index (χ0) is 16.1. The second-order valence-corrected chi connectivity index (χ2v) is 6.72. The van der Waals surface area contributed by atoms with E-state index in [1.807, 2.05) is 24.3 Å². The van der Waals surface area contributed by atoms with Crippen molar-refractivity contribution >= 4 is 17.4 Å². The normalized spacial score (nSPS) is 13.8. The lowest BCUT2D eigenvalue weighted by atomic mass is 10.1. The van der Waals surface area contributed by atoms with Crippen LogP contribution >= 0.6 is 11.3 Å². The molecule has 1 aromatic carbocycles. The summed E-state index contributed by atoms with van der Waals surface area (Å²) in [5.74, 6) is 0.658. The van der Waals surface area contributed by atoms with E-state index < -0.39 is 0 Å². The van der Waals surface area contributed by atoms with Gasteiger partial charge in [0.1, 0.15) is 5.01 Å². The van der Waals surface area contributed by atoms with Crippen molar-refractivity contribution in [3.63, 3.8) is 0 Å². The molecule has 3 rings (SSSR count). The number of aromatic nitrogens is 1. The van der Waals surface area contributed by atoms with Crippen molar-refractivity contribution in [2.45, 2.75) is 38.3 Å². The fraction of sp³-hybridized carbons (Fsp3) is 0.412. The zero-order valence-electron chi connectivity index (χ0n) is 12.9. The van der Waals surface area contributed by atoms with Crippen LogP contribution in [0.25, 0.3) is 0 Å². The third-order valence-electron chi connectivity index (χ3n) is 3.87. The van der Waals surface area contributed by atoms with Crippen molar-refractivity contribution in [2.75, 3.05) is 6.54 Å². The summed E-state index contributed by atoms with van der Waals surface area (Å²) in [6, 6.07) is 7.57. The van der Waals surface area contributed by atoms with Gasteiger partial charge in [-0.15, -0.1) is 11.3 Å². The molecule has 0 atom stereocenters. The third kappa shape index (κ3) is 4.77. The molecule has 1 saturated carbocycles. The number of rotatable bonds is 7. The van der Waals surface area contributed by atoms with Gasteiger partial charge in [0.2, 0.25) is 0 Å². The molecule has 0 radical (unpaired) electrons. The van der Waals surface area contributed by atoms with Crippen LogP contribution < -0.4 is 10.6 Å². The number of carbonyl (C=O) groups excluding carboxylic acids is 1. The maximum atomic E-state index is 11.8. The summed E-state index contributed by atoms with van der Waals surface area (Å²) in [6.45, 7) is 1.12. The maximum Gasteiger partial charge on any atom is 0.315 e. The number of hydrogen-bond donors (Lipinski definition) is 3. The molecule has 122 valence electrons.